The fourth-order valence-corrected chi connectivity index (χ4v) is 3.90. The van der Waals surface area contributed by atoms with Crippen LogP contribution in [0.2, 0.25) is 5.02 Å². The maximum atomic E-state index is 14.7. The van der Waals surface area contributed by atoms with E-state index in [1.165, 1.54) is 18.2 Å². The summed E-state index contributed by atoms with van der Waals surface area (Å²) in [5, 5.41) is 12.1. The van der Waals surface area contributed by atoms with E-state index in [1.807, 2.05) is 0 Å². The normalized spacial score (nSPS) is 19.8. The van der Waals surface area contributed by atoms with E-state index >= 15 is 0 Å². The minimum absolute atomic E-state index is 0.0363. The summed E-state index contributed by atoms with van der Waals surface area (Å²) < 4.78 is 30.4. The van der Waals surface area contributed by atoms with Crippen LogP contribution in [-0.4, -0.2) is 23.5 Å². The maximum absolute atomic E-state index is 14.7. The molecule has 0 saturated heterocycles. The summed E-state index contributed by atoms with van der Waals surface area (Å²) in [7, 11) is 0. The van der Waals surface area contributed by atoms with Crippen LogP contribution in [0.4, 0.5) is 14.0 Å². The van der Waals surface area contributed by atoms with Crippen LogP contribution in [0.25, 0.3) is 0 Å². The van der Waals surface area contributed by atoms with Crippen LogP contribution < -0.4 is 5.32 Å². The van der Waals surface area contributed by atoms with Crippen LogP contribution in [0.1, 0.15) is 51.0 Å². The molecule has 7 nitrogen and oxygen atoms in total. The number of allylic oxidation sites excluding steroid dienone is 2. The van der Waals surface area contributed by atoms with E-state index in [0.717, 1.165) is 25.7 Å². The van der Waals surface area contributed by atoms with Crippen LogP contribution in [0.15, 0.2) is 41.1 Å². The molecule has 1 atom stereocenters. The molecule has 0 aromatic heterocycles. The van der Waals surface area contributed by atoms with Crippen molar-refractivity contribution in [1.29, 1.82) is 0 Å². The molecule has 29 heavy (non-hydrogen) atoms. The molecule has 1 fully saturated rings. The first-order valence-corrected chi connectivity index (χ1v) is 9.57. The summed E-state index contributed by atoms with van der Waals surface area (Å²) in [6.45, 7) is 3.18. The predicted octanol–water partition coefficient (Wildman–Crippen LogP) is 5.42. The number of carbonyl (C=O) groups excluding carboxylic acids is 1. The van der Waals surface area contributed by atoms with Crippen LogP contribution in [0.3, 0.4) is 0 Å². The second kappa shape index (κ2) is 8.73. The van der Waals surface area contributed by atoms with Crippen LogP contribution in [0.5, 0.6) is 0 Å². The van der Waals surface area contributed by atoms with Gasteiger partial charge in [-0.1, -0.05) is 17.7 Å². The third-order valence-corrected chi connectivity index (χ3v) is 5.21. The van der Waals surface area contributed by atoms with Gasteiger partial charge in [0.25, 0.3) is 0 Å². The molecular formula is C20H21ClFNO6. The minimum Gasteiger partial charge on any atom is -0.449 e. The lowest BCUT2D eigenvalue weighted by Crippen LogP contribution is -2.30. The number of rotatable bonds is 4. The minimum atomic E-state index is -1.59. The number of carboxylic acid groups (broad SMARTS) is 1. The Morgan fingerprint density at radius 2 is 1.76 bits per heavy atom. The third-order valence-electron chi connectivity index (χ3n) is 4.88. The van der Waals surface area contributed by atoms with Crippen LogP contribution >= 0.6 is 11.6 Å². The van der Waals surface area contributed by atoms with Gasteiger partial charge in [-0.05, 0) is 51.7 Å². The standard InChI is InChI=1S/C20H21ClFNO6/c1-10-17(28-19(24)25)16(15-13(21)8-5-9-14(15)22)18(11(2)23-10)29-20(26)27-12-6-3-4-7-12/h5,8-9,12,16,23H,3-4,6-7H2,1-2H3,(H,24,25). The number of benzene rings is 1. The smallest absolute Gasteiger partial charge is 0.449 e. The molecule has 3 rings (SSSR count). The molecule has 1 saturated carbocycles. The van der Waals surface area contributed by atoms with E-state index in [0.29, 0.717) is 11.4 Å². The zero-order valence-electron chi connectivity index (χ0n) is 16.0. The van der Waals surface area contributed by atoms with E-state index < -0.39 is 24.0 Å². The van der Waals surface area contributed by atoms with Gasteiger partial charge in [0.1, 0.15) is 29.4 Å². The zero-order valence-corrected chi connectivity index (χ0v) is 16.7. The molecule has 156 valence electrons. The van der Waals surface area contributed by atoms with Crippen molar-refractivity contribution in [2.75, 3.05) is 0 Å². The number of hydrogen-bond donors (Lipinski definition) is 2. The first-order valence-electron chi connectivity index (χ1n) is 9.19. The molecule has 1 aromatic carbocycles. The monoisotopic (exact) mass is 425 g/mol. The van der Waals surface area contributed by atoms with E-state index in [4.69, 9.17) is 30.9 Å². The van der Waals surface area contributed by atoms with Gasteiger partial charge in [0.2, 0.25) is 0 Å². The summed E-state index contributed by atoms with van der Waals surface area (Å²) in [6.07, 6.45) is 0.662. The highest BCUT2D eigenvalue weighted by Gasteiger charge is 2.38. The number of hydrogen-bond acceptors (Lipinski definition) is 6. The molecule has 0 bridgehead atoms. The molecule has 1 unspecified atom stereocenters. The predicted molar refractivity (Wildman–Crippen MR) is 102 cm³/mol. The molecule has 0 radical (unpaired) electrons. The van der Waals surface area contributed by atoms with Gasteiger partial charge in [-0.15, -0.1) is 0 Å². The summed E-state index contributed by atoms with van der Waals surface area (Å²) >= 11 is 6.22. The van der Waals surface area contributed by atoms with E-state index in [9.17, 15) is 14.0 Å². The maximum Gasteiger partial charge on any atom is 0.513 e. The lowest BCUT2D eigenvalue weighted by molar-refractivity contribution is 0.0379. The summed E-state index contributed by atoms with van der Waals surface area (Å²) in [6, 6.07) is 4.06. The number of nitrogens with one attached hydrogen (secondary N) is 1. The van der Waals surface area contributed by atoms with Gasteiger partial charge >= 0.3 is 12.3 Å². The SMILES string of the molecule is CC1=C(OC(=O)O)C(c2c(F)cccc2Cl)C(OC(=O)OC2CCCC2)=C(C)N1. The van der Waals surface area contributed by atoms with Crippen molar-refractivity contribution in [3.63, 3.8) is 0 Å². The van der Waals surface area contributed by atoms with Gasteiger partial charge < -0.3 is 24.6 Å². The Kier molecular flexibility index (Phi) is 6.32. The Morgan fingerprint density at radius 3 is 2.34 bits per heavy atom. The average molecular weight is 426 g/mol. The lowest BCUT2D eigenvalue weighted by Gasteiger charge is -2.30. The van der Waals surface area contributed by atoms with Gasteiger partial charge in [-0.3, -0.25) is 0 Å². The Bertz CT molecular complexity index is 871. The second-order valence-electron chi connectivity index (χ2n) is 6.92. The molecule has 1 aliphatic heterocycles. The Balaban J connectivity index is 2.00. The molecule has 1 aromatic rings. The van der Waals surface area contributed by atoms with E-state index in [1.54, 1.807) is 13.8 Å². The van der Waals surface area contributed by atoms with Crippen molar-refractivity contribution >= 4 is 23.9 Å². The Hall–Kier alpha value is -2.74. The number of ether oxygens (including phenoxy) is 3. The van der Waals surface area contributed by atoms with Gasteiger partial charge in [-0.2, -0.15) is 0 Å². The largest absolute Gasteiger partial charge is 0.513 e. The highest BCUT2D eigenvalue weighted by atomic mass is 35.5. The quantitative estimate of drug-likeness (QED) is 0.622. The van der Waals surface area contributed by atoms with Gasteiger partial charge in [0.15, 0.2) is 0 Å². The van der Waals surface area contributed by atoms with Gasteiger partial charge in [0.05, 0.1) is 11.4 Å². The number of halogens is 2. The first-order chi connectivity index (χ1) is 13.8. The van der Waals surface area contributed by atoms with Gasteiger partial charge in [-0.25, -0.2) is 14.0 Å². The third kappa shape index (κ3) is 4.64. The molecular weight excluding hydrogens is 405 g/mol. The van der Waals surface area contributed by atoms with Crippen molar-refractivity contribution in [2.45, 2.75) is 51.6 Å². The van der Waals surface area contributed by atoms with Crippen molar-refractivity contribution in [3.05, 3.63) is 57.5 Å². The highest BCUT2D eigenvalue weighted by Crippen LogP contribution is 2.43. The number of dihydropyridines is 1. The molecule has 0 amide bonds. The average Bonchev–Trinajstić information content (AvgIpc) is 3.13. The molecule has 2 aliphatic rings. The Morgan fingerprint density at radius 1 is 1.14 bits per heavy atom. The van der Waals surface area contributed by atoms with Crippen LogP contribution in [0, 0.1) is 5.82 Å². The summed E-state index contributed by atoms with van der Waals surface area (Å²) in [5.41, 5.74) is 0.646. The molecule has 2 N–H and O–H groups in total. The second-order valence-corrected chi connectivity index (χ2v) is 7.32. The van der Waals surface area contributed by atoms with Crippen molar-refractivity contribution in [1.82, 2.24) is 5.32 Å². The molecule has 0 spiro atoms. The fraction of sp³-hybridized carbons (Fsp3) is 0.400. The highest BCUT2D eigenvalue weighted by molar-refractivity contribution is 6.31. The topological polar surface area (TPSA) is 94.1 Å². The van der Waals surface area contributed by atoms with Crippen LogP contribution in [-0.2, 0) is 14.2 Å². The molecule has 9 heteroatoms. The van der Waals surface area contributed by atoms with Crippen molar-refractivity contribution < 1.29 is 33.3 Å². The van der Waals surface area contributed by atoms with Crippen molar-refractivity contribution in [2.24, 2.45) is 0 Å². The molecule has 1 aliphatic carbocycles. The zero-order chi connectivity index (χ0) is 21.1. The molecule has 1 heterocycles. The Labute approximate surface area is 172 Å². The van der Waals surface area contributed by atoms with E-state index in [2.05, 4.69) is 5.32 Å². The summed E-state index contributed by atoms with van der Waals surface area (Å²) in [4.78, 5) is 23.6. The fourth-order valence-electron chi connectivity index (χ4n) is 3.63. The number of carbonyl (C=O) groups is 2. The van der Waals surface area contributed by atoms with Gasteiger partial charge in [0, 0.05) is 10.6 Å². The summed E-state index contributed by atoms with van der Waals surface area (Å²) in [5.74, 6) is -2.06. The van der Waals surface area contributed by atoms with E-state index in [-0.39, 0.29) is 28.2 Å². The van der Waals surface area contributed by atoms with Crippen molar-refractivity contribution in [3.8, 4) is 0 Å². The lowest BCUT2D eigenvalue weighted by atomic mass is 9.90. The first kappa shape index (κ1) is 21.0.